The molecule has 0 atom stereocenters. The summed E-state index contributed by atoms with van der Waals surface area (Å²) in [6, 6.07) is 6.01. The Bertz CT molecular complexity index is 489. The number of anilines is 2. The maximum absolute atomic E-state index is 11.9. The van der Waals surface area contributed by atoms with E-state index in [0.717, 1.165) is 0 Å². The molecule has 21 heavy (non-hydrogen) atoms. The molecule has 1 aromatic carbocycles. The van der Waals surface area contributed by atoms with Gasteiger partial charge in [0.15, 0.2) is 0 Å². The first-order valence-corrected chi connectivity index (χ1v) is 5.82. The monoisotopic (exact) mass is 305 g/mol. The van der Waals surface area contributed by atoms with Gasteiger partial charge in [0, 0.05) is 11.4 Å². The summed E-state index contributed by atoms with van der Waals surface area (Å²) in [5, 5.41) is 6.80. The molecule has 0 radical (unpaired) electrons. The van der Waals surface area contributed by atoms with E-state index in [1.807, 2.05) is 5.32 Å². The van der Waals surface area contributed by atoms with E-state index in [9.17, 15) is 22.8 Å². The minimum atomic E-state index is -4.36. The highest BCUT2D eigenvalue weighted by atomic mass is 19.4. The quantitative estimate of drug-likeness (QED) is 0.777. The van der Waals surface area contributed by atoms with E-state index in [-0.39, 0.29) is 0 Å². The Morgan fingerprint density at radius 2 is 1.62 bits per heavy atom. The van der Waals surface area contributed by atoms with E-state index in [4.69, 9.17) is 0 Å². The molecule has 116 valence electrons. The molecule has 0 heterocycles. The minimum Gasteiger partial charge on any atom is -0.453 e. The fraction of sp³-hybridized carbons (Fsp3) is 0.333. The van der Waals surface area contributed by atoms with Crippen molar-refractivity contribution in [3.63, 3.8) is 0 Å². The maximum Gasteiger partial charge on any atom is 0.411 e. The topological polar surface area (TPSA) is 79.5 Å². The number of hydrogen-bond donors (Lipinski definition) is 3. The zero-order valence-electron chi connectivity index (χ0n) is 11.1. The molecular formula is C12H14F3N3O3. The minimum absolute atomic E-state index is 0.393. The second-order valence-corrected chi connectivity index (χ2v) is 3.96. The summed E-state index contributed by atoms with van der Waals surface area (Å²) in [6.07, 6.45) is -5.00. The van der Waals surface area contributed by atoms with Crippen molar-refractivity contribution in [1.82, 2.24) is 5.32 Å². The van der Waals surface area contributed by atoms with Crippen LogP contribution < -0.4 is 16.0 Å². The Morgan fingerprint density at radius 1 is 1.10 bits per heavy atom. The molecule has 0 aliphatic heterocycles. The summed E-state index contributed by atoms with van der Waals surface area (Å²) >= 11 is 0. The molecule has 0 aliphatic carbocycles. The number of amides is 2. The molecule has 0 spiro atoms. The van der Waals surface area contributed by atoms with Gasteiger partial charge in [-0.25, -0.2) is 4.79 Å². The standard InChI is InChI=1S/C12H14F3N3O3/c1-21-11(20)18-9-4-2-8(3-5-9)17-10(19)6-16-7-12(13,14)15/h2-5,16H,6-7H2,1H3,(H,17,19)(H,18,20). The Kier molecular flexibility index (Phi) is 5.97. The van der Waals surface area contributed by atoms with Gasteiger partial charge >= 0.3 is 12.3 Å². The molecule has 0 saturated carbocycles. The lowest BCUT2D eigenvalue weighted by molar-refractivity contribution is -0.126. The third-order valence-electron chi connectivity index (χ3n) is 2.21. The van der Waals surface area contributed by atoms with Crippen LogP contribution in [-0.4, -0.2) is 38.4 Å². The Morgan fingerprint density at radius 3 is 2.10 bits per heavy atom. The number of nitrogens with one attached hydrogen (secondary N) is 3. The first kappa shape index (κ1) is 16.8. The zero-order chi connectivity index (χ0) is 15.9. The van der Waals surface area contributed by atoms with Crippen LogP contribution >= 0.6 is 0 Å². The number of carbonyl (C=O) groups is 2. The second-order valence-electron chi connectivity index (χ2n) is 3.96. The van der Waals surface area contributed by atoms with Crippen LogP contribution in [0.25, 0.3) is 0 Å². The van der Waals surface area contributed by atoms with E-state index in [1.54, 1.807) is 0 Å². The number of alkyl halides is 3. The summed E-state index contributed by atoms with van der Waals surface area (Å²) in [5.74, 6) is -0.604. The normalized spacial score (nSPS) is 10.9. The molecular weight excluding hydrogens is 291 g/mol. The summed E-state index contributed by atoms with van der Waals surface area (Å²) in [7, 11) is 1.22. The van der Waals surface area contributed by atoms with Gasteiger partial charge in [0.25, 0.3) is 0 Å². The van der Waals surface area contributed by atoms with E-state index in [0.29, 0.717) is 11.4 Å². The van der Waals surface area contributed by atoms with Crippen LogP contribution in [0.1, 0.15) is 0 Å². The summed E-state index contributed by atoms with van der Waals surface area (Å²) in [6.45, 7) is -1.69. The molecule has 0 aromatic heterocycles. The fourth-order valence-electron chi connectivity index (χ4n) is 1.33. The summed E-state index contributed by atoms with van der Waals surface area (Å²) < 4.78 is 40.0. The first-order valence-electron chi connectivity index (χ1n) is 5.82. The smallest absolute Gasteiger partial charge is 0.411 e. The van der Waals surface area contributed by atoms with Gasteiger partial charge < -0.3 is 15.4 Å². The lowest BCUT2D eigenvalue weighted by Crippen LogP contribution is -2.35. The maximum atomic E-state index is 11.9. The predicted molar refractivity (Wildman–Crippen MR) is 70.0 cm³/mol. The molecule has 0 bridgehead atoms. The van der Waals surface area contributed by atoms with E-state index >= 15 is 0 Å². The van der Waals surface area contributed by atoms with Gasteiger partial charge in [-0.3, -0.25) is 10.1 Å². The van der Waals surface area contributed by atoms with Crippen molar-refractivity contribution in [2.24, 2.45) is 0 Å². The SMILES string of the molecule is COC(=O)Nc1ccc(NC(=O)CNCC(F)(F)F)cc1. The largest absolute Gasteiger partial charge is 0.453 e. The third kappa shape index (κ3) is 7.16. The van der Waals surface area contributed by atoms with Crippen molar-refractivity contribution in [3.8, 4) is 0 Å². The molecule has 0 aliphatic rings. The first-order chi connectivity index (χ1) is 9.80. The van der Waals surface area contributed by atoms with Crippen LogP contribution in [0.5, 0.6) is 0 Å². The molecule has 9 heteroatoms. The van der Waals surface area contributed by atoms with Crippen molar-refractivity contribution in [2.45, 2.75) is 6.18 Å². The number of methoxy groups -OCH3 is 1. The Balaban J connectivity index is 2.41. The number of benzene rings is 1. The average molecular weight is 305 g/mol. The number of carbonyl (C=O) groups excluding carboxylic acids is 2. The molecule has 6 nitrogen and oxygen atoms in total. The van der Waals surface area contributed by atoms with Gasteiger partial charge in [-0.2, -0.15) is 13.2 Å². The van der Waals surface area contributed by atoms with E-state index in [1.165, 1.54) is 31.4 Å². The van der Waals surface area contributed by atoms with Crippen molar-refractivity contribution in [3.05, 3.63) is 24.3 Å². The van der Waals surface area contributed by atoms with Crippen molar-refractivity contribution in [1.29, 1.82) is 0 Å². The van der Waals surface area contributed by atoms with Gasteiger partial charge in [0.1, 0.15) is 0 Å². The van der Waals surface area contributed by atoms with E-state index in [2.05, 4.69) is 15.4 Å². The summed E-state index contributed by atoms with van der Waals surface area (Å²) in [4.78, 5) is 22.3. The number of halogens is 3. The predicted octanol–water partition coefficient (Wildman–Crippen LogP) is 1.96. The van der Waals surface area contributed by atoms with Gasteiger partial charge in [-0.1, -0.05) is 0 Å². The zero-order valence-corrected chi connectivity index (χ0v) is 11.1. The number of ether oxygens (including phenoxy) is 1. The van der Waals surface area contributed by atoms with Crippen molar-refractivity contribution < 1.29 is 27.5 Å². The molecule has 0 fully saturated rings. The van der Waals surface area contributed by atoms with Gasteiger partial charge in [-0.15, -0.1) is 0 Å². The lowest BCUT2D eigenvalue weighted by atomic mass is 10.3. The molecule has 2 amide bonds. The van der Waals surface area contributed by atoms with Crippen molar-refractivity contribution >= 4 is 23.4 Å². The van der Waals surface area contributed by atoms with Crippen LogP contribution in [0.4, 0.5) is 29.3 Å². The van der Waals surface area contributed by atoms with Gasteiger partial charge in [0.05, 0.1) is 20.2 Å². The number of rotatable bonds is 5. The van der Waals surface area contributed by atoms with Crippen molar-refractivity contribution in [2.75, 3.05) is 30.8 Å². The molecule has 3 N–H and O–H groups in total. The molecule has 0 saturated heterocycles. The van der Waals surface area contributed by atoms with Crippen LogP contribution in [0.3, 0.4) is 0 Å². The van der Waals surface area contributed by atoms with Crippen LogP contribution in [0.15, 0.2) is 24.3 Å². The molecule has 0 unspecified atom stereocenters. The highest BCUT2D eigenvalue weighted by molar-refractivity contribution is 5.92. The average Bonchev–Trinajstić information content (AvgIpc) is 2.39. The van der Waals surface area contributed by atoms with Crippen LogP contribution in [0.2, 0.25) is 0 Å². The number of hydrogen-bond acceptors (Lipinski definition) is 4. The lowest BCUT2D eigenvalue weighted by Gasteiger charge is -2.09. The highest BCUT2D eigenvalue weighted by Gasteiger charge is 2.26. The van der Waals surface area contributed by atoms with Gasteiger partial charge in [0.2, 0.25) is 5.91 Å². The molecule has 1 aromatic rings. The van der Waals surface area contributed by atoms with Gasteiger partial charge in [-0.05, 0) is 24.3 Å². The second kappa shape index (κ2) is 7.48. The van der Waals surface area contributed by atoms with Crippen LogP contribution in [0, 0.1) is 0 Å². The Labute approximate surface area is 118 Å². The molecule has 1 rings (SSSR count). The fourth-order valence-corrected chi connectivity index (χ4v) is 1.33. The summed E-state index contributed by atoms with van der Waals surface area (Å²) in [5.41, 5.74) is 0.847. The van der Waals surface area contributed by atoms with E-state index < -0.39 is 31.3 Å². The third-order valence-corrected chi connectivity index (χ3v) is 2.21. The van der Waals surface area contributed by atoms with Crippen LogP contribution in [-0.2, 0) is 9.53 Å². The highest BCUT2D eigenvalue weighted by Crippen LogP contribution is 2.14. The Hall–Kier alpha value is -2.29.